The average Bonchev–Trinajstić information content (AvgIpc) is 2.94. The summed E-state index contributed by atoms with van der Waals surface area (Å²) in [4.78, 5) is 22.1. The minimum atomic E-state index is -0.719. The van der Waals surface area contributed by atoms with Crippen LogP contribution in [0.3, 0.4) is 0 Å². The normalized spacial score (nSPS) is 16.2. The van der Waals surface area contributed by atoms with Crippen molar-refractivity contribution in [2.24, 2.45) is 5.10 Å². The summed E-state index contributed by atoms with van der Waals surface area (Å²) in [6, 6.07) is 2.54. The van der Waals surface area contributed by atoms with E-state index in [1.165, 1.54) is 19.4 Å². The van der Waals surface area contributed by atoms with E-state index in [1.807, 2.05) is 6.92 Å². The summed E-state index contributed by atoms with van der Waals surface area (Å²) in [5.74, 6) is 1.23. The van der Waals surface area contributed by atoms with Gasteiger partial charge in [-0.05, 0) is 13.0 Å². The quantitative estimate of drug-likeness (QED) is 0.448. The standard InChI is InChI=1S/C14H17N3O5S2/c1-14(23-3-4-24-14)7-12(18)16-15-8-9-5-10(17(20)21)13(19)11(6-9)22-2/h5-6,8,19H,3-4,7H2,1-2H3,(H,16,18)/b15-8-. The third-order valence-corrected chi connectivity index (χ3v) is 6.57. The van der Waals surface area contributed by atoms with Gasteiger partial charge in [0, 0.05) is 23.1 Å². The molecule has 0 atom stereocenters. The molecule has 1 amide bonds. The van der Waals surface area contributed by atoms with E-state index in [4.69, 9.17) is 4.74 Å². The van der Waals surface area contributed by atoms with Crippen molar-refractivity contribution in [3.8, 4) is 11.5 Å². The molecular weight excluding hydrogens is 354 g/mol. The number of hydrogen-bond acceptors (Lipinski definition) is 8. The zero-order valence-electron chi connectivity index (χ0n) is 13.1. The van der Waals surface area contributed by atoms with Gasteiger partial charge in [-0.2, -0.15) is 5.10 Å². The summed E-state index contributed by atoms with van der Waals surface area (Å²) < 4.78 is 4.76. The number of nitro groups is 1. The molecule has 24 heavy (non-hydrogen) atoms. The molecule has 0 radical (unpaired) electrons. The predicted molar refractivity (Wildman–Crippen MR) is 95.0 cm³/mol. The number of carbonyl (C=O) groups excluding carboxylic acids is 1. The van der Waals surface area contributed by atoms with Crippen molar-refractivity contribution >= 4 is 41.3 Å². The van der Waals surface area contributed by atoms with Crippen molar-refractivity contribution < 1.29 is 19.6 Å². The van der Waals surface area contributed by atoms with E-state index < -0.39 is 16.4 Å². The third kappa shape index (κ3) is 4.54. The minimum absolute atomic E-state index is 0.0387. The minimum Gasteiger partial charge on any atom is -0.500 e. The first-order valence-corrected chi connectivity index (χ1v) is 8.97. The Bertz CT molecular complexity index is 675. The number of benzene rings is 1. The fourth-order valence-corrected chi connectivity index (χ4v) is 4.98. The Hall–Kier alpha value is -1.94. The van der Waals surface area contributed by atoms with E-state index in [9.17, 15) is 20.0 Å². The number of ether oxygens (including phenoxy) is 1. The molecule has 8 nitrogen and oxygen atoms in total. The summed E-state index contributed by atoms with van der Waals surface area (Å²) in [5.41, 5.74) is 2.25. The molecule has 2 N–H and O–H groups in total. The van der Waals surface area contributed by atoms with Gasteiger partial charge < -0.3 is 9.84 Å². The maximum Gasteiger partial charge on any atom is 0.315 e. The van der Waals surface area contributed by atoms with Crippen LogP contribution in [0.2, 0.25) is 0 Å². The average molecular weight is 371 g/mol. The van der Waals surface area contributed by atoms with Crippen molar-refractivity contribution in [1.29, 1.82) is 0 Å². The molecule has 0 aromatic heterocycles. The summed E-state index contributed by atoms with van der Waals surface area (Å²) in [5, 5.41) is 24.4. The molecule has 1 aliphatic heterocycles. The Morgan fingerprint density at radius 2 is 2.21 bits per heavy atom. The monoisotopic (exact) mass is 371 g/mol. The number of carbonyl (C=O) groups is 1. The number of methoxy groups -OCH3 is 1. The van der Waals surface area contributed by atoms with Crippen LogP contribution < -0.4 is 10.2 Å². The maximum atomic E-state index is 11.9. The molecule has 1 heterocycles. The number of thioether (sulfide) groups is 2. The van der Waals surface area contributed by atoms with Gasteiger partial charge in [-0.3, -0.25) is 14.9 Å². The first kappa shape index (κ1) is 18.4. The summed E-state index contributed by atoms with van der Waals surface area (Å²) >= 11 is 3.49. The van der Waals surface area contributed by atoms with E-state index in [2.05, 4.69) is 10.5 Å². The molecule has 2 rings (SSSR count). The largest absolute Gasteiger partial charge is 0.500 e. The molecular formula is C14H17N3O5S2. The van der Waals surface area contributed by atoms with E-state index in [1.54, 1.807) is 23.5 Å². The molecule has 10 heteroatoms. The number of phenolic OH excluding ortho intramolecular Hbond substituents is 1. The first-order chi connectivity index (χ1) is 11.3. The topological polar surface area (TPSA) is 114 Å². The number of phenols is 1. The molecule has 0 saturated carbocycles. The number of hydrogen-bond donors (Lipinski definition) is 2. The number of aromatic hydroxyl groups is 1. The molecule has 1 aromatic rings. The van der Waals surface area contributed by atoms with Crippen LogP contribution in [0, 0.1) is 10.1 Å². The molecule has 1 saturated heterocycles. The molecule has 1 fully saturated rings. The van der Waals surface area contributed by atoms with Gasteiger partial charge in [0.15, 0.2) is 5.75 Å². The van der Waals surface area contributed by atoms with Gasteiger partial charge in [-0.25, -0.2) is 5.43 Å². The molecule has 1 aromatic carbocycles. The van der Waals surface area contributed by atoms with Gasteiger partial charge in [-0.15, -0.1) is 23.5 Å². The number of hydrazone groups is 1. The highest BCUT2D eigenvalue weighted by molar-refractivity contribution is 8.21. The fourth-order valence-electron chi connectivity index (χ4n) is 2.15. The van der Waals surface area contributed by atoms with Gasteiger partial charge >= 0.3 is 5.69 Å². The lowest BCUT2D eigenvalue weighted by Gasteiger charge is -2.19. The van der Waals surface area contributed by atoms with Gasteiger partial charge in [0.25, 0.3) is 0 Å². The number of nitrogens with zero attached hydrogens (tertiary/aromatic N) is 2. The Labute approximate surface area is 147 Å². The SMILES string of the molecule is COc1cc(/C=N\NC(=O)CC2(C)SCCS2)cc([N+](=O)[O-])c1O. The van der Waals surface area contributed by atoms with Crippen molar-refractivity contribution in [3.63, 3.8) is 0 Å². The molecule has 0 unspecified atom stereocenters. The van der Waals surface area contributed by atoms with Crippen molar-refractivity contribution in [1.82, 2.24) is 5.43 Å². The zero-order valence-corrected chi connectivity index (χ0v) is 14.8. The van der Waals surface area contributed by atoms with E-state index in [-0.39, 0.29) is 15.7 Å². The molecule has 0 spiro atoms. The van der Waals surface area contributed by atoms with Crippen molar-refractivity contribution in [2.75, 3.05) is 18.6 Å². The summed E-state index contributed by atoms with van der Waals surface area (Å²) in [6.45, 7) is 2.02. The zero-order chi connectivity index (χ0) is 17.7. The lowest BCUT2D eigenvalue weighted by atomic mass is 10.2. The van der Waals surface area contributed by atoms with E-state index in [0.717, 1.165) is 17.6 Å². The van der Waals surface area contributed by atoms with Crippen LogP contribution in [0.15, 0.2) is 17.2 Å². The number of amides is 1. The van der Waals surface area contributed by atoms with Crippen LogP contribution >= 0.6 is 23.5 Å². The van der Waals surface area contributed by atoms with Gasteiger partial charge in [0.05, 0.1) is 28.7 Å². The second kappa shape index (κ2) is 7.75. The number of nitrogens with one attached hydrogen (secondary N) is 1. The van der Waals surface area contributed by atoms with E-state index >= 15 is 0 Å². The van der Waals surface area contributed by atoms with Crippen molar-refractivity contribution in [3.05, 3.63) is 27.8 Å². The van der Waals surface area contributed by atoms with Crippen LogP contribution in [0.4, 0.5) is 5.69 Å². The number of rotatable bonds is 6. The van der Waals surface area contributed by atoms with Crippen LogP contribution in [-0.4, -0.2) is 44.8 Å². The van der Waals surface area contributed by atoms with Gasteiger partial charge in [0.1, 0.15) is 0 Å². The highest BCUT2D eigenvalue weighted by Crippen LogP contribution is 2.45. The molecule has 130 valence electrons. The molecule has 1 aliphatic rings. The maximum absolute atomic E-state index is 11.9. The Morgan fingerprint density at radius 3 is 2.79 bits per heavy atom. The highest BCUT2D eigenvalue weighted by Gasteiger charge is 2.32. The van der Waals surface area contributed by atoms with Crippen LogP contribution in [0.1, 0.15) is 18.9 Å². The van der Waals surface area contributed by atoms with E-state index in [0.29, 0.717) is 12.0 Å². The highest BCUT2D eigenvalue weighted by atomic mass is 32.2. The van der Waals surface area contributed by atoms with Crippen LogP contribution in [0.5, 0.6) is 11.5 Å². The second-order valence-electron chi connectivity index (χ2n) is 5.15. The number of nitro benzene ring substituents is 1. The Kier molecular flexibility index (Phi) is 5.94. The Balaban J connectivity index is 2.04. The van der Waals surface area contributed by atoms with Gasteiger partial charge in [0.2, 0.25) is 11.7 Å². The third-order valence-electron chi connectivity index (χ3n) is 3.28. The molecule has 0 aliphatic carbocycles. The van der Waals surface area contributed by atoms with Crippen LogP contribution in [-0.2, 0) is 4.79 Å². The lowest BCUT2D eigenvalue weighted by Crippen LogP contribution is -2.26. The first-order valence-electron chi connectivity index (χ1n) is 7.00. The van der Waals surface area contributed by atoms with Crippen LogP contribution in [0.25, 0.3) is 0 Å². The van der Waals surface area contributed by atoms with Crippen molar-refractivity contribution in [2.45, 2.75) is 17.4 Å². The predicted octanol–water partition coefficient (Wildman–Crippen LogP) is 2.35. The van der Waals surface area contributed by atoms with Gasteiger partial charge in [-0.1, -0.05) is 0 Å². The molecule has 0 bridgehead atoms. The smallest absolute Gasteiger partial charge is 0.315 e. The fraction of sp³-hybridized carbons (Fsp3) is 0.429. The summed E-state index contributed by atoms with van der Waals surface area (Å²) in [7, 11) is 1.29. The summed E-state index contributed by atoms with van der Waals surface area (Å²) in [6.07, 6.45) is 1.60. The lowest BCUT2D eigenvalue weighted by molar-refractivity contribution is -0.386. The second-order valence-corrected chi connectivity index (χ2v) is 8.60. The Morgan fingerprint density at radius 1 is 1.54 bits per heavy atom.